The molecule has 0 spiro atoms. The minimum atomic E-state index is -1.46. The summed E-state index contributed by atoms with van der Waals surface area (Å²) in [6.07, 6.45) is 4.09. The van der Waals surface area contributed by atoms with Crippen LogP contribution in [0.3, 0.4) is 0 Å². The van der Waals surface area contributed by atoms with Crippen LogP contribution in [0.4, 0.5) is 0 Å². The van der Waals surface area contributed by atoms with Crippen LogP contribution in [-0.4, -0.2) is 44.6 Å². The maximum atomic E-state index is 12.8. The molecular weight excluding hydrogens is 340 g/mol. The third-order valence-corrected chi connectivity index (χ3v) is 6.26. The van der Waals surface area contributed by atoms with Crippen LogP contribution in [0, 0.1) is 17.4 Å². The normalized spacial score (nSPS) is 25.0. The summed E-state index contributed by atoms with van der Waals surface area (Å²) in [5.41, 5.74) is 5.71. The first-order valence-electron chi connectivity index (χ1n) is 9.47. The second-order valence-corrected chi connectivity index (χ2v) is 13.3. The minimum absolute atomic E-state index is 0.0101. The van der Waals surface area contributed by atoms with Crippen LogP contribution < -0.4 is 5.32 Å². The van der Waals surface area contributed by atoms with Gasteiger partial charge in [0.05, 0.1) is 5.56 Å². The summed E-state index contributed by atoms with van der Waals surface area (Å²) in [5, 5.41) is 4.19. The van der Waals surface area contributed by atoms with Gasteiger partial charge in [0.25, 0.3) is 5.91 Å². The zero-order chi connectivity index (χ0) is 18.3. The van der Waals surface area contributed by atoms with E-state index in [1.54, 1.807) is 6.26 Å². The Morgan fingerprint density at radius 1 is 1.27 bits per heavy atom. The molecule has 5 rings (SSSR count). The van der Waals surface area contributed by atoms with E-state index in [9.17, 15) is 4.79 Å². The van der Waals surface area contributed by atoms with E-state index < -0.39 is 8.07 Å². The van der Waals surface area contributed by atoms with Crippen LogP contribution in [0.25, 0.3) is 11.0 Å². The molecule has 26 heavy (non-hydrogen) atoms. The quantitative estimate of drug-likeness (QED) is 0.654. The van der Waals surface area contributed by atoms with Gasteiger partial charge in [-0.05, 0) is 50.0 Å². The number of nitrogens with one attached hydrogen (secondary N) is 1. The van der Waals surface area contributed by atoms with Gasteiger partial charge in [0.2, 0.25) is 0 Å². The molecule has 0 saturated carbocycles. The van der Waals surface area contributed by atoms with Gasteiger partial charge in [-0.2, -0.15) is 0 Å². The summed E-state index contributed by atoms with van der Waals surface area (Å²) in [6.45, 7) is 9.99. The lowest BCUT2D eigenvalue weighted by atomic mass is 9.84. The molecular formula is C21H26N2O2Si. The largest absolute Gasteiger partial charge is 0.463 e. The maximum Gasteiger partial charge on any atom is 0.251 e. The first kappa shape index (κ1) is 17.4. The summed E-state index contributed by atoms with van der Waals surface area (Å²) in [4.78, 5) is 15.2. The number of piperidine rings is 3. The molecule has 1 aromatic heterocycles. The Morgan fingerprint density at radius 3 is 2.69 bits per heavy atom. The molecule has 1 unspecified atom stereocenters. The van der Waals surface area contributed by atoms with Gasteiger partial charge in [-0.1, -0.05) is 25.6 Å². The molecule has 2 bridgehead atoms. The van der Waals surface area contributed by atoms with Crippen molar-refractivity contribution in [3.8, 4) is 11.5 Å². The van der Waals surface area contributed by atoms with Gasteiger partial charge in [-0.3, -0.25) is 4.79 Å². The third kappa shape index (κ3) is 3.58. The number of carbonyl (C=O) groups excluding carboxylic acids is 1. The molecule has 0 radical (unpaired) electrons. The van der Waals surface area contributed by atoms with E-state index >= 15 is 0 Å². The second-order valence-electron chi connectivity index (χ2n) is 8.58. The van der Waals surface area contributed by atoms with Crippen LogP contribution in [0.15, 0.2) is 28.9 Å². The van der Waals surface area contributed by atoms with Crippen molar-refractivity contribution in [3.05, 3.63) is 35.6 Å². The van der Waals surface area contributed by atoms with Gasteiger partial charge in [0, 0.05) is 23.5 Å². The molecule has 3 aliphatic rings. The summed E-state index contributed by atoms with van der Waals surface area (Å²) < 4.78 is 5.61. The van der Waals surface area contributed by atoms with Crippen molar-refractivity contribution in [3.63, 3.8) is 0 Å². The minimum Gasteiger partial charge on any atom is -0.463 e. The van der Waals surface area contributed by atoms with Gasteiger partial charge in [0.1, 0.15) is 19.9 Å². The van der Waals surface area contributed by atoms with E-state index in [0.29, 0.717) is 11.5 Å². The van der Waals surface area contributed by atoms with Gasteiger partial charge in [0.15, 0.2) is 0 Å². The Morgan fingerprint density at radius 2 is 2.04 bits per heavy atom. The number of furan rings is 1. The summed E-state index contributed by atoms with van der Waals surface area (Å²) in [7, 11) is -1.46. The van der Waals surface area contributed by atoms with Crippen LogP contribution >= 0.6 is 0 Å². The van der Waals surface area contributed by atoms with Crippen LogP contribution in [-0.2, 0) is 0 Å². The standard InChI is InChI=1S/C21H26N2O2Si/c1-26(2,3)11-8-17-14-25-20-5-4-16(12-18(17)20)21(24)22-19-13-23-9-6-15(19)7-10-23/h4-5,12,14-15,19H,6-7,9-10,13H2,1-3H3,(H,22,24). The number of nitrogens with zero attached hydrogens (tertiary/aromatic N) is 1. The Hall–Kier alpha value is -2.03. The fourth-order valence-electron chi connectivity index (χ4n) is 3.90. The lowest BCUT2D eigenvalue weighted by Crippen LogP contribution is -2.57. The average Bonchev–Trinajstić information content (AvgIpc) is 3.02. The first-order chi connectivity index (χ1) is 12.4. The van der Waals surface area contributed by atoms with Crippen LogP contribution in [0.1, 0.15) is 28.8 Å². The van der Waals surface area contributed by atoms with E-state index in [0.717, 1.165) is 23.1 Å². The second kappa shape index (κ2) is 6.60. The van der Waals surface area contributed by atoms with Crippen molar-refractivity contribution in [2.45, 2.75) is 38.5 Å². The number of fused-ring (bicyclic) bond motifs is 4. The highest BCUT2D eigenvalue weighted by molar-refractivity contribution is 6.83. The Bertz CT molecular complexity index is 892. The molecule has 1 aromatic carbocycles. The van der Waals surface area contributed by atoms with Gasteiger partial charge in [-0.25, -0.2) is 0 Å². The molecule has 2 aromatic rings. The monoisotopic (exact) mass is 366 g/mol. The maximum absolute atomic E-state index is 12.8. The topological polar surface area (TPSA) is 45.5 Å². The van der Waals surface area contributed by atoms with Crippen molar-refractivity contribution in [2.75, 3.05) is 19.6 Å². The van der Waals surface area contributed by atoms with Crippen molar-refractivity contribution in [1.82, 2.24) is 10.2 Å². The predicted octanol–water partition coefficient (Wildman–Crippen LogP) is 3.49. The highest BCUT2D eigenvalue weighted by Gasteiger charge is 2.34. The van der Waals surface area contributed by atoms with Crippen molar-refractivity contribution in [1.29, 1.82) is 0 Å². The fourth-order valence-corrected chi connectivity index (χ4v) is 4.41. The number of amides is 1. The summed E-state index contributed by atoms with van der Waals surface area (Å²) >= 11 is 0. The van der Waals surface area contributed by atoms with Gasteiger partial charge < -0.3 is 14.6 Å². The number of hydrogen-bond acceptors (Lipinski definition) is 3. The molecule has 136 valence electrons. The molecule has 0 aliphatic carbocycles. The molecule has 1 N–H and O–H groups in total. The molecule has 3 aliphatic heterocycles. The Balaban J connectivity index is 1.56. The molecule has 4 nitrogen and oxygen atoms in total. The summed E-state index contributed by atoms with van der Waals surface area (Å²) in [6, 6.07) is 5.92. The number of benzene rings is 1. The molecule has 1 atom stereocenters. The number of rotatable bonds is 2. The fraction of sp³-hybridized carbons (Fsp3) is 0.476. The van der Waals surface area contributed by atoms with Gasteiger partial charge in [-0.15, -0.1) is 5.54 Å². The highest BCUT2D eigenvalue weighted by Crippen LogP contribution is 2.28. The molecule has 3 saturated heterocycles. The van der Waals surface area contributed by atoms with E-state index in [2.05, 4.69) is 41.3 Å². The van der Waals surface area contributed by atoms with Crippen LogP contribution in [0.2, 0.25) is 19.6 Å². The lowest BCUT2D eigenvalue weighted by molar-refractivity contribution is 0.0620. The molecule has 3 fully saturated rings. The number of carbonyl (C=O) groups is 1. The molecule has 1 amide bonds. The Kier molecular flexibility index (Phi) is 4.42. The van der Waals surface area contributed by atoms with E-state index in [1.807, 2.05) is 18.2 Å². The zero-order valence-corrected chi connectivity index (χ0v) is 16.8. The van der Waals surface area contributed by atoms with Crippen molar-refractivity contribution < 1.29 is 9.21 Å². The lowest BCUT2D eigenvalue weighted by Gasteiger charge is -2.44. The van der Waals surface area contributed by atoms with E-state index in [-0.39, 0.29) is 11.9 Å². The molecule has 4 heterocycles. The zero-order valence-electron chi connectivity index (χ0n) is 15.8. The van der Waals surface area contributed by atoms with E-state index in [4.69, 9.17) is 4.42 Å². The van der Waals surface area contributed by atoms with Crippen LogP contribution in [0.5, 0.6) is 0 Å². The smallest absolute Gasteiger partial charge is 0.251 e. The first-order valence-corrected chi connectivity index (χ1v) is 13.0. The average molecular weight is 367 g/mol. The third-order valence-electron chi connectivity index (χ3n) is 5.38. The summed E-state index contributed by atoms with van der Waals surface area (Å²) in [5.74, 6) is 3.89. The number of hydrogen-bond donors (Lipinski definition) is 1. The van der Waals surface area contributed by atoms with Crippen molar-refractivity contribution >= 4 is 25.0 Å². The Labute approximate surface area is 155 Å². The predicted molar refractivity (Wildman–Crippen MR) is 107 cm³/mol. The SMILES string of the molecule is C[Si](C)(C)C#Cc1coc2ccc(C(=O)NC3CN4CCC3CC4)cc12. The van der Waals surface area contributed by atoms with E-state index in [1.165, 1.54) is 25.9 Å². The molecule has 5 heteroatoms. The van der Waals surface area contributed by atoms with Crippen molar-refractivity contribution in [2.24, 2.45) is 5.92 Å². The van der Waals surface area contributed by atoms with Gasteiger partial charge >= 0.3 is 0 Å². The highest BCUT2D eigenvalue weighted by atomic mass is 28.3.